The maximum Gasteiger partial charge on any atom is 0.323 e. The Balaban J connectivity index is 1.23. The first kappa shape index (κ1) is 30.6. The van der Waals surface area contributed by atoms with Crippen molar-refractivity contribution in [3.63, 3.8) is 0 Å². The normalized spacial score (nSPS) is 18.4. The van der Waals surface area contributed by atoms with Crippen LogP contribution in [0.1, 0.15) is 24.2 Å². The van der Waals surface area contributed by atoms with Crippen LogP contribution in [0.15, 0.2) is 54.6 Å². The van der Waals surface area contributed by atoms with Crippen LogP contribution < -0.4 is 39.6 Å². The van der Waals surface area contributed by atoms with E-state index in [0.717, 1.165) is 0 Å². The molecule has 14 heteroatoms. The summed E-state index contributed by atoms with van der Waals surface area (Å²) in [4.78, 5) is 43.2. The summed E-state index contributed by atoms with van der Waals surface area (Å²) in [5.41, 5.74) is 1.48. The molecule has 46 heavy (non-hydrogen) atoms. The fourth-order valence-electron chi connectivity index (χ4n) is 5.36. The van der Waals surface area contributed by atoms with Gasteiger partial charge in [-0.2, -0.15) is 0 Å². The SMILES string of the molecule is C[C@H](CO)N1C[C@H](C)[C@H](CN(C)C(=O)Nc2ccc3c(c2)OCO3)Oc2c(NC(=O)Nc3ccc4c(c3)OCO4)cccc2C1=O. The highest BCUT2D eigenvalue weighted by molar-refractivity contribution is 6.04. The number of hydrogen-bond donors (Lipinski definition) is 4. The molecular weight excluding hydrogens is 598 g/mol. The first-order valence-corrected chi connectivity index (χ1v) is 14.8. The predicted molar refractivity (Wildman–Crippen MR) is 167 cm³/mol. The zero-order valence-corrected chi connectivity index (χ0v) is 25.6. The summed E-state index contributed by atoms with van der Waals surface area (Å²) in [5, 5.41) is 18.4. The van der Waals surface area contributed by atoms with Crippen LogP contribution in [-0.4, -0.2) is 85.4 Å². The number of anilines is 3. The van der Waals surface area contributed by atoms with Crippen LogP contribution in [0.2, 0.25) is 0 Å². The Hall–Kier alpha value is -5.37. The largest absolute Gasteiger partial charge is 0.485 e. The fourth-order valence-corrected chi connectivity index (χ4v) is 5.36. The second-order valence-electron chi connectivity index (χ2n) is 11.3. The van der Waals surface area contributed by atoms with Crippen molar-refractivity contribution in [3.05, 3.63) is 60.2 Å². The number of para-hydroxylation sites is 1. The highest BCUT2D eigenvalue weighted by Crippen LogP contribution is 2.37. The average molecular weight is 634 g/mol. The van der Waals surface area contributed by atoms with Gasteiger partial charge in [-0.25, -0.2) is 9.59 Å². The molecule has 3 atom stereocenters. The summed E-state index contributed by atoms with van der Waals surface area (Å²) < 4.78 is 28.0. The molecule has 0 spiro atoms. The molecule has 5 amide bonds. The lowest BCUT2D eigenvalue weighted by Crippen LogP contribution is -2.50. The summed E-state index contributed by atoms with van der Waals surface area (Å²) in [6, 6.07) is 13.6. The van der Waals surface area contributed by atoms with Crippen LogP contribution in [0, 0.1) is 5.92 Å². The van der Waals surface area contributed by atoms with E-state index in [1.165, 1.54) is 4.90 Å². The van der Waals surface area contributed by atoms with Gasteiger partial charge in [0.1, 0.15) is 6.10 Å². The van der Waals surface area contributed by atoms with Crippen LogP contribution in [0.25, 0.3) is 0 Å². The Labute approximate surface area is 265 Å². The molecule has 3 aromatic rings. The lowest BCUT2D eigenvalue weighted by molar-refractivity contribution is 0.0373. The molecule has 6 rings (SSSR count). The van der Waals surface area contributed by atoms with Gasteiger partial charge in [0.15, 0.2) is 28.7 Å². The number of amides is 5. The number of urea groups is 2. The number of likely N-dealkylation sites (N-methyl/N-ethyl adjacent to an activating group) is 1. The van der Waals surface area contributed by atoms with E-state index in [4.69, 9.17) is 23.7 Å². The minimum Gasteiger partial charge on any atom is -0.485 e. The average Bonchev–Trinajstić information content (AvgIpc) is 3.71. The van der Waals surface area contributed by atoms with Crippen molar-refractivity contribution in [2.45, 2.75) is 26.0 Å². The van der Waals surface area contributed by atoms with Gasteiger partial charge < -0.3 is 54.5 Å². The number of benzene rings is 3. The molecule has 4 N–H and O–H groups in total. The van der Waals surface area contributed by atoms with Crippen molar-refractivity contribution in [2.24, 2.45) is 5.92 Å². The first-order valence-electron chi connectivity index (χ1n) is 14.8. The van der Waals surface area contributed by atoms with Crippen molar-refractivity contribution >= 4 is 35.0 Å². The molecule has 0 saturated carbocycles. The van der Waals surface area contributed by atoms with Gasteiger partial charge in [0.2, 0.25) is 13.6 Å². The maximum atomic E-state index is 13.8. The quantitative estimate of drug-likeness (QED) is 0.299. The molecule has 3 heterocycles. The summed E-state index contributed by atoms with van der Waals surface area (Å²) >= 11 is 0. The standard InChI is InChI=1S/C32H35N5O9/c1-18-13-37(19(2)15-38)30(39)22-5-4-6-23(35-31(40)33-20-7-9-24-26(11-20)44-16-42-24)29(22)46-28(18)14-36(3)32(41)34-21-8-10-25-27(12-21)45-17-43-25/h4-12,18-19,28,38H,13-17H2,1-3H3,(H,34,41)(H2,33,35,40)/t18-,19+,28-/m0/s1. The van der Waals surface area contributed by atoms with E-state index in [1.807, 2.05) is 6.92 Å². The number of fused-ring (bicyclic) bond motifs is 3. The third kappa shape index (κ3) is 6.38. The van der Waals surface area contributed by atoms with Crippen molar-refractivity contribution < 1.29 is 43.2 Å². The van der Waals surface area contributed by atoms with Crippen LogP contribution in [0.4, 0.5) is 26.7 Å². The molecule has 0 aromatic heterocycles. The third-order valence-electron chi connectivity index (χ3n) is 7.99. The Kier molecular flexibility index (Phi) is 8.61. The molecular formula is C32H35N5O9. The lowest BCUT2D eigenvalue weighted by Gasteiger charge is -2.38. The molecule has 3 aromatic carbocycles. The van der Waals surface area contributed by atoms with Crippen molar-refractivity contribution in [2.75, 3.05) is 56.3 Å². The van der Waals surface area contributed by atoms with Gasteiger partial charge in [-0.15, -0.1) is 0 Å². The number of ether oxygens (including phenoxy) is 5. The van der Waals surface area contributed by atoms with Gasteiger partial charge in [-0.05, 0) is 43.3 Å². The topological polar surface area (TPSA) is 160 Å². The Morgan fingerprint density at radius 3 is 2.22 bits per heavy atom. The molecule has 3 aliphatic heterocycles. The Morgan fingerprint density at radius 2 is 1.57 bits per heavy atom. The first-order chi connectivity index (χ1) is 22.2. The molecule has 242 valence electrons. The summed E-state index contributed by atoms with van der Waals surface area (Å²) in [6.45, 7) is 4.06. The molecule has 0 radical (unpaired) electrons. The van der Waals surface area contributed by atoms with E-state index >= 15 is 0 Å². The van der Waals surface area contributed by atoms with Crippen LogP contribution in [0.5, 0.6) is 28.7 Å². The van der Waals surface area contributed by atoms with Crippen molar-refractivity contribution in [1.29, 1.82) is 0 Å². The summed E-state index contributed by atoms with van der Waals surface area (Å²) in [6.07, 6.45) is -0.604. The minimum atomic E-state index is -0.604. The third-order valence-corrected chi connectivity index (χ3v) is 7.99. The zero-order chi connectivity index (χ0) is 32.4. The zero-order valence-electron chi connectivity index (χ0n) is 25.6. The maximum absolute atomic E-state index is 13.8. The smallest absolute Gasteiger partial charge is 0.323 e. The van der Waals surface area contributed by atoms with Gasteiger partial charge in [0.25, 0.3) is 5.91 Å². The number of carbonyl (C=O) groups excluding carboxylic acids is 3. The number of nitrogens with zero attached hydrogens (tertiary/aromatic N) is 2. The van der Waals surface area contributed by atoms with Crippen LogP contribution in [-0.2, 0) is 0 Å². The van der Waals surface area contributed by atoms with Crippen LogP contribution >= 0.6 is 0 Å². The van der Waals surface area contributed by atoms with Crippen molar-refractivity contribution in [1.82, 2.24) is 9.80 Å². The van der Waals surface area contributed by atoms with E-state index in [9.17, 15) is 19.5 Å². The molecule has 3 aliphatic rings. The molecule has 0 bridgehead atoms. The highest BCUT2D eigenvalue weighted by atomic mass is 16.7. The number of nitrogens with one attached hydrogen (secondary N) is 3. The number of aliphatic hydroxyl groups excluding tert-OH is 1. The number of carbonyl (C=O) groups is 3. The van der Waals surface area contributed by atoms with Gasteiger partial charge in [0.05, 0.1) is 30.4 Å². The fraction of sp³-hybridized carbons (Fsp3) is 0.344. The number of aliphatic hydroxyl groups is 1. The summed E-state index contributed by atoms with van der Waals surface area (Å²) in [5.74, 6) is 1.77. The highest BCUT2D eigenvalue weighted by Gasteiger charge is 2.35. The Bertz CT molecular complexity index is 1650. The lowest BCUT2D eigenvalue weighted by atomic mass is 9.99. The predicted octanol–water partition coefficient (Wildman–Crippen LogP) is 4.17. The molecule has 14 nitrogen and oxygen atoms in total. The summed E-state index contributed by atoms with van der Waals surface area (Å²) in [7, 11) is 1.64. The molecule has 0 aliphatic carbocycles. The second kappa shape index (κ2) is 12.9. The van der Waals surface area contributed by atoms with Gasteiger partial charge >= 0.3 is 12.1 Å². The second-order valence-corrected chi connectivity index (χ2v) is 11.3. The van der Waals surface area contributed by atoms with E-state index in [1.54, 1.807) is 73.5 Å². The molecule has 0 saturated heterocycles. The van der Waals surface area contributed by atoms with Crippen molar-refractivity contribution in [3.8, 4) is 28.7 Å². The molecule has 0 fully saturated rings. The van der Waals surface area contributed by atoms with E-state index in [-0.39, 0.29) is 68.1 Å². The van der Waals surface area contributed by atoms with E-state index < -0.39 is 18.2 Å². The van der Waals surface area contributed by atoms with E-state index in [0.29, 0.717) is 34.4 Å². The van der Waals surface area contributed by atoms with Gasteiger partial charge in [-0.1, -0.05) is 13.0 Å². The van der Waals surface area contributed by atoms with Gasteiger partial charge in [-0.3, -0.25) is 4.79 Å². The van der Waals surface area contributed by atoms with Crippen LogP contribution in [0.3, 0.4) is 0 Å². The number of hydrogen-bond acceptors (Lipinski definition) is 9. The minimum absolute atomic E-state index is 0.104. The Morgan fingerprint density at radius 1 is 0.935 bits per heavy atom. The number of rotatable bonds is 7. The van der Waals surface area contributed by atoms with Gasteiger partial charge in [0, 0.05) is 43.0 Å². The monoisotopic (exact) mass is 633 g/mol. The van der Waals surface area contributed by atoms with E-state index in [2.05, 4.69) is 16.0 Å². The molecule has 0 unspecified atom stereocenters.